The number of carbonyl (C=O) groups is 1. The van der Waals surface area contributed by atoms with Crippen LogP contribution >= 0.6 is 0 Å². The van der Waals surface area contributed by atoms with Gasteiger partial charge >= 0.3 is 0 Å². The molecule has 0 saturated carbocycles. The maximum Gasteiger partial charge on any atom is 0.239 e. The van der Waals surface area contributed by atoms with Crippen LogP contribution in [0.5, 0.6) is 0 Å². The van der Waals surface area contributed by atoms with Gasteiger partial charge in [-0.3, -0.25) is 4.79 Å². The Hall–Kier alpha value is -1.51. The van der Waals surface area contributed by atoms with Crippen molar-refractivity contribution in [3.63, 3.8) is 0 Å². The van der Waals surface area contributed by atoms with E-state index in [0.717, 1.165) is 31.4 Å². The van der Waals surface area contributed by atoms with Gasteiger partial charge in [-0.25, -0.2) is 0 Å². The van der Waals surface area contributed by atoms with Crippen molar-refractivity contribution in [2.75, 3.05) is 11.9 Å². The van der Waals surface area contributed by atoms with E-state index in [4.69, 9.17) is 0 Å². The molecule has 0 saturated heterocycles. The van der Waals surface area contributed by atoms with Gasteiger partial charge in [0, 0.05) is 11.7 Å². The van der Waals surface area contributed by atoms with Crippen molar-refractivity contribution in [2.24, 2.45) is 0 Å². The molecule has 0 radical (unpaired) electrons. The molecule has 20 heavy (non-hydrogen) atoms. The molecule has 3 nitrogen and oxygen atoms in total. The molecule has 1 unspecified atom stereocenters. The number of hydrogen-bond donors (Lipinski definition) is 2. The van der Waals surface area contributed by atoms with Crippen LogP contribution in [0, 0.1) is 0 Å². The number of nitrogens with one attached hydrogen (secondary N) is 2. The molecular weight excluding hydrogens is 248 g/mol. The number of aryl methyl sites for hydroxylation is 2. The minimum absolute atomic E-state index is 0.0684. The quantitative estimate of drug-likeness (QED) is 0.762. The first-order valence-corrected chi connectivity index (χ1v) is 7.76. The number of rotatable bonds is 8. The fourth-order valence-corrected chi connectivity index (χ4v) is 2.47. The average molecular weight is 276 g/mol. The Labute approximate surface area is 123 Å². The molecule has 0 aliphatic rings. The van der Waals surface area contributed by atoms with Gasteiger partial charge in [-0.1, -0.05) is 45.4 Å². The number of carbonyl (C=O) groups excluding carboxylic acids is 1. The van der Waals surface area contributed by atoms with Gasteiger partial charge in [-0.05, 0) is 37.3 Å². The van der Waals surface area contributed by atoms with Crippen LogP contribution in [0.3, 0.4) is 0 Å². The molecule has 1 aromatic carbocycles. The standard InChI is InChI=1S/C17H28N2O/c1-5-9-13(4)19-16(20)12-18-17-14(6-2)10-8-11-15(17)7-3/h8,10-11,13,18H,5-7,9,12H2,1-4H3,(H,19,20). The van der Waals surface area contributed by atoms with Crippen molar-refractivity contribution in [1.29, 1.82) is 0 Å². The van der Waals surface area contributed by atoms with Gasteiger partial charge < -0.3 is 10.6 Å². The van der Waals surface area contributed by atoms with E-state index in [1.165, 1.54) is 11.1 Å². The van der Waals surface area contributed by atoms with Crippen LogP contribution in [-0.2, 0) is 17.6 Å². The molecule has 0 aliphatic carbocycles. The van der Waals surface area contributed by atoms with Gasteiger partial charge in [0.05, 0.1) is 6.54 Å². The highest BCUT2D eigenvalue weighted by Crippen LogP contribution is 2.22. The summed E-state index contributed by atoms with van der Waals surface area (Å²) in [5.41, 5.74) is 3.69. The van der Waals surface area contributed by atoms with Crippen LogP contribution in [0.25, 0.3) is 0 Å². The highest BCUT2D eigenvalue weighted by Gasteiger charge is 2.09. The first-order valence-electron chi connectivity index (χ1n) is 7.76. The Bertz CT molecular complexity index is 407. The van der Waals surface area contributed by atoms with Crippen molar-refractivity contribution >= 4 is 11.6 Å². The molecule has 1 aromatic rings. The largest absolute Gasteiger partial charge is 0.376 e. The van der Waals surface area contributed by atoms with Crippen molar-refractivity contribution in [3.8, 4) is 0 Å². The molecule has 0 heterocycles. The minimum Gasteiger partial charge on any atom is -0.376 e. The highest BCUT2D eigenvalue weighted by atomic mass is 16.1. The van der Waals surface area contributed by atoms with Gasteiger partial charge in [-0.2, -0.15) is 0 Å². The van der Waals surface area contributed by atoms with Gasteiger partial charge in [0.1, 0.15) is 0 Å². The third-order valence-corrected chi connectivity index (χ3v) is 3.55. The van der Waals surface area contributed by atoms with Crippen LogP contribution in [0.1, 0.15) is 51.7 Å². The topological polar surface area (TPSA) is 41.1 Å². The second-order valence-electron chi connectivity index (χ2n) is 5.27. The van der Waals surface area contributed by atoms with Gasteiger partial charge in [0.2, 0.25) is 5.91 Å². The van der Waals surface area contributed by atoms with E-state index >= 15 is 0 Å². The summed E-state index contributed by atoms with van der Waals surface area (Å²) in [7, 11) is 0. The molecule has 2 N–H and O–H groups in total. The van der Waals surface area contributed by atoms with Crippen molar-refractivity contribution < 1.29 is 4.79 Å². The molecular formula is C17H28N2O. The lowest BCUT2D eigenvalue weighted by Gasteiger charge is -2.17. The summed E-state index contributed by atoms with van der Waals surface area (Å²) < 4.78 is 0. The third-order valence-electron chi connectivity index (χ3n) is 3.55. The zero-order chi connectivity index (χ0) is 15.0. The predicted octanol–water partition coefficient (Wildman–Crippen LogP) is 3.53. The van der Waals surface area contributed by atoms with E-state index < -0.39 is 0 Å². The highest BCUT2D eigenvalue weighted by molar-refractivity contribution is 5.81. The first-order chi connectivity index (χ1) is 9.62. The third kappa shape index (κ3) is 4.87. The summed E-state index contributed by atoms with van der Waals surface area (Å²) in [6.07, 6.45) is 4.07. The van der Waals surface area contributed by atoms with Gasteiger partial charge in [0.15, 0.2) is 0 Å². The molecule has 0 spiro atoms. The zero-order valence-electron chi connectivity index (χ0n) is 13.3. The molecule has 0 bridgehead atoms. The normalized spacial score (nSPS) is 12.0. The number of benzene rings is 1. The molecule has 1 amide bonds. The Morgan fingerprint density at radius 1 is 1.15 bits per heavy atom. The smallest absolute Gasteiger partial charge is 0.239 e. The average Bonchev–Trinajstić information content (AvgIpc) is 2.44. The first kappa shape index (κ1) is 16.5. The Balaban J connectivity index is 2.63. The Kier molecular flexibility index (Phi) is 7.13. The van der Waals surface area contributed by atoms with Gasteiger partial charge in [0.25, 0.3) is 0 Å². The maximum absolute atomic E-state index is 11.9. The molecule has 1 atom stereocenters. The summed E-state index contributed by atoms with van der Waals surface area (Å²) in [6.45, 7) is 8.82. The molecule has 112 valence electrons. The van der Waals surface area contributed by atoms with Crippen LogP contribution in [0.15, 0.2) is 18.2 Å². The number of hydrogen-bond acceptors (Lipinski definition) is 2. The van der Waals surface area contributed by atoms with E-state index in [0.29, 0.717) is 6.54 Å². The summed E-state index contributed by atoms with van der Waals surface area (Å²) in [6, 6.07) is 6.59. The monoisotopic (exact) mass is 276 g/mol. The molecule has 0 fully saturated rings. The van der Waals surface area contributed by atoms with E-state index in [2.05, 4.69) is 56.5 Å². The number of para-hydroxylation sites is 1. The molecule has 3 heteroatoms. The van der Waals surface area contributed by atoms with Crippen molar-refractivity contribution in [1.82, 2.24) is 5.32 Å². The SMILES string of the molecule is CCCC(C)NC(=O)CNc1c(CC)cccc1CC. The summed E-state index contributed by atoms with van der Waals surface area (Å²) in [5.74, 6) is 0.0684. The van der Waals surface area contributed by atoms with E-state index in [9.17, 15) is 4.79 Å². The molecule has 1 rings (SSSR count). The number of amides is 1. The Morgan fingerprint density at radius 3 is 2.25 bits per heavy atom. The van der Waals surface area contributed by atoms with E-state index in [1.54, 1.807) is 0 Å². The van der Waals surface area contributed by atoms with E-state index in [1.807, 2.05) is 0 Å². The van der Waals surface area contributed by atoms with Gasteiger partial charge in [-0.15, -0.1) is 0 Å². The van der Waals surface area contributed by atoms with E-state index in [-0.39, 0.29) is 11.9 Å². The fourth-order valence-electron chi connectivity index (χ4n) is 2.47. The lowest BCUT2D eigenvalue weighted by molar-refractivity contribution is -0.120. The maximum atomic E-state index is 11.9. The van der Waals surface area contributed by atoms with Crippen molar-refractivity contribution in [3.05, 3.63) is 29.3 Å². The van der Waals surface area contributed by atoms with Crippen LogP contribution in [-0.4, -0.2) is 18.5 Å². The van der Waals surface area contributed by atoms with Crippen LogP contribution < -0.4 is 10.6 Å². The lowest BCUT2D eigenvalue weighted by atomic mass is 10.0. The summed E-state index contributed by atoms with van der Waals surface area (Å²) in [5, 5.41) is 6.34. The molecule has 0 aliphatic heterocycles. The predicted molar refractivity (Wildman–Crippen MR) is 86.2 cm³/mol. The summed E-state index contributed by atoms with van der Waals surface area (Å²) >= 11 is 0. The lowest BCUT2D eigenvalue weighted by Crippen LogP contribution is -2.36. The van der Waals surface area contributed by atoms with Crippen molar-refractivity contribution in [2.45, 2.75) is 59.4 Å². The second kappa shape index (κ2) is 8.62. The Morgan fingerprint density at radius 2 is 1.75 bits per heavy atom. The molecule has 0 aromatic heterocycles. The van der Waals surface area contributed by atoms with Crippen LogP contribution in [0.2, 0.25) is 0 Å². The van der Waals surface area contributed by atoms with Crippen LogP contribution in [0.4, 0.5) is 5.69 Å². The fraction of sp³-hybridized carbons (Fsp3) is 0.588. The number of anilines is 1. The second-order valence-corrected chi connectivity index (χ2v) is 5.27. The minimum atomic E-state index is 0.0684. The zero-order valence-corrected chi connectivity index (χ0v) is 13.3. The summed E-state index contributed by atoms with van der Waals surface area (Å²) in [4.78, 5) is 11.9.